The molecule has 0 amide bonds. The average molecular weight is 297 g/mol. The molecule has 2 heterocycles. The lowest BCUT2D eigenvalue weighted by Crippen LogP contribution is -2.53. The summed E-state index contributed by atoms with van der Waals surface area (Å²) < 4.78 is 5.53. The van der Waals surface area contributed by atoms with Gasteiger partial charge in [0.05, 0.1) is 12.8 Å². The lowest BCUT2D eigenvalue weighted by Gasteiger charge is -2.41. The molecule has 1 aliphatic rings. The molecule has 0 N–H and O–H groups in total. The molecule has 1 aromatic heterocycles. The number of ether oxygens (including phenoxy) is 1. The van der Waals surface area contributed by atoms with Crippen molar-refractivity contribution in [2.75, 3.05) is 14.2 Å². The molecule has 0 saturated heterocycles. The molecule has 0 fully saturated rings. The first-order valence-electron chi connectivity index (χ1n) is 6.72. The van der Waals surface area contributed by atoms with Gasteiger partial charge in [-0.15, -0.1) is 0 Å². The van der Waals surface area contributed by atoms with Crippen molar-refractivity contribution in [1.82, 2.24) is 10.0 Å². The van der Waals surface area contributed by atoms with Crippen LogP contribution in [0.2, 0.25) is 0 Å². The van der Waals surface area contributed by atoms with Crippen LogP contribution in [0.15, 0.2) is 53.7 Å². The molecular formula is C16H15N3O3. The van der Waals surface area contributed by atoms with E-state index in [1.165, 1.54) is 19.3 Å². The fourth-order valence-electron chi connectivity index (χ4n) is 2.53. The number of aliphatic imine (C=N–C) groups is 1. The molecule has 0 saturated carbocycles. The zero-order chi connectivity index (χ0) is 15.6. The van der Waals surface area contributed by atoms with E-state index >= 15 is 0 Å². The van der Waals surface area contributed by atoms with Gasteiger partial charge in [-0.05, 0) is 18.2 Å². The predicted molar refractivity (Wildman–Crippen MR) is 80.5 cm³/mol. The van der Waals surface area contributed by atoms with Gasteiger partial charge in [0.15, 0.2) is 12.1 Å². The maximum atomic E-state index is 11.9. The molecule has 3 rings (SSSR count). The lowest BCUT2D eigenvalue weighted by atomic mass is 9.98. The van der Waals surface area contributed by atoms with E-state index in [0.717, 1.165) is 0 Å². The second-order valence-corrected chi connectivity index (χ2v) is 4.66. The van der Waals surface area contributed by atoms with Crippen molar-refractivity contribution < 1.29 is 14.4 Å². The van der Waals surface area contributed by atoms with Crippen LogP contribution < -0.4 is 0 Å². The van der Waals surface area contributed by atoms with Gasteiger partial charge in [-0.3, -0.25) is 14.6 Å². The summed E-state index contributed by atoms with van der Waals surface area (Å²) >= 11 is 0. The minimum absolute atomic E-state index is 0.413. The minimum atomic E-state index is -1.40. The lowest BCUT2D eigenvalue weighted by molar-refractivity contribution is -0.236. The molecule has 6 nitrogen and oxygen atoms in total. The van der Waals surface area contributed by atoms with E-state index < -0.39 is 5.72 Å². The van der Waals surface area contributed by atoms with Crippen LogP contribution in [0.3, 0.4) is 0 Å². The predicted octanol–water partition coefficient (Wildman–Crippen LogP) is 2.04. The molecule has 0 bridgehead atoms. The number of aromatic nitrogens is 1. The smallest absolute Gasteiger partial charge is 0.251 e. The Morgan fingerprint density at radius 3 is 2.55 bits per heavy atom. The fraction of sp³-hybridized carbons (Fsp3) is 0.188. The maximum absolute atomic E-state index is 11.9. The highest BCUT2D eigenvalue weighted by Gasteiger charge is 2.47. The van der Waals surface area contributed by atoms with Crippen molar-refractivity contribution in [1.29, 1.82) is 0 Å². The zero-order valence-corrected chi connectivity index (χ0v) is 12.3. The molecule has 1 atom stereocenters. The van der Waals surface area contributed by atoms with Crippen LogP contribution in [-0.2, 0) is 20.1 Å². The highest BCUT2D eigenvalue weighted by molar-refractivity contribution is 6.02. The first kappa shape index (κ1) is 14.4. The number of hydrogen-bond donors (Lipinski definition) is 0. The van der Waals surface area contributed by atoms with Gasteiger partial charge in [0.2, 0.25) is 0 Å². The van der Waals surface area contributed by atoms with E-state index in [1.54, 1.807) is 24.4 Å². The number of benzene rings is 1. The van der Waals surface area contributed by atoms with Crippen molar-refractivity contribution in [3.8, 4) is 0 Å². The van der Waals surface area contributed by atoms with Crippen LogP contribution in [0.1, 0.15) is 11.3 Å². The van der Waals surface area contributed by atoms with E-state index in [4.69, 9.17) is 9.57 Å². The first-order valence-corrected chi connectivity index (χ1v) is 6.72. The molecule has 22 heavy (non-hydrogen) atoms. The Hall–Kier alpha value is -2.57. The third-order valence-electron chi connectivity index (χ3n) is 3.56. The Morgan fingerprint density at radius 2 is 1.91 bits per heavy atom. The molecule has 0 spiro atoms. The number of methoxy groups -OCH3 is 1. The summed E-state index contributed by atoms with van der Waals surface area (Å²) in [5.41, 5.74) is 0.446. The third kappa shape index (κ3) is 2.01. The number of hydroxylamine groups is 2. The number of carbonyl (C=O) groups is 1. The summed E-state index contributed by atoms with van der Waals surface area (Å²) in [5.74, 6) is 0.413. The molecular weight excluding hydrogens is 282 g/mol. The third-order valence-corrected chi connectivity index (χ3v) is 3.56. The summed E-state index contributed by atoms with van der Waals surface area (Å²) in [4.78, 5) is 26.2. The summed E-state index contributed by atoms with van der Waals surface area (Å²) in [6, 6.07) is 12.7. The topological polar surface area (TPSA) is 64.0 Å². The Labute approximate surface area is 128 Å². The van der Waals surface area contributed by atoms with Crippen LogP contribution in [0.25, 0.3) is 0 Å². The number of nitrogens with zero attached hydrogens (tertiary/aromatic N) is 3. The zero-order valence-electron chi connectivity index (χ0n) is 12.3. The number of carbonyl (C=O) groups excluding carboxylic acids is 1. The van der Waals surface area contributed by atoms with Gasteiger partial charge >= 0.3 is 0 Å². The van der Waals surface area contributed by atoms with Gasteiger partial charge in [0, 0.05) is 18.9 Å². The van der Waals surface area contributed by atoms with Gasteiger partial charge in [0.1, 0.15) is 5.69 Å². The van der Waals surface area contributed by atoms with Crippen LogP contribution >= 0.6 is 0 Å². The van der Waals surface area contributed by atoms with Gasteiger partial charge in [-0.1, -0.05) is 24.3 Å². The van der Waals surface area contributed by atoms with E-state index in [0.29, 0.717) is 29.1 Å². The highest BCUT2D eigenvalue weighted by atomic mass is 16.7. The molecule has 1 unspecified atom stereocenters. The normalized spacial score (nSPS) is 20.3. The van der Waals surface area contributed by atoms with E-state index in [-0.39, 0.29) is 0 Å². The Bertz CT molecular complexity index is 718. The second-order valence-electron chi connectivity index (χ2n) is 4.66. The Balaban J connectivity index is 2.27. The minimum Gasteiger partial charge on any atom is -0.347 e. The molecule has 1 aliphatic heterocycles. The molecule has 2 aromatic rings. The Kier molecular flexibility index (Phi) is 3.70. The van der Waals surface area contributed by atoms with Crippen LogP contribution in [-0.4, -0.2) is 36.4 Å². The maximum Gasteiger partial charge on any atom is 0.251 e. The first-order chi connectivity index (χ1) is 10.8. The number of amidine groups is 1. The fourth-order valence-corrected chi connectivity index (χ4v) is 2.53. The quantitative estimate of drug-likeness (QED) is 0.808. The van der Waals surface area contributed by atoms with E-state index in [1.807, 2.05) is 24.3 Å². The molecule has 0 radical (unpaired) electrons. The average Bonchev–Trinajstić information content (AvgIpc) is 2.60. The highest BCUT2D eigenvalue weighted by Crippen LogP contribution is 2.39. The summed E-state index contributed by atoms with van der Waals surface area (Å²) in [6.07, 6.45) is 2.36. The standard InChI is InChI=1S/C16H15N3O3/c1-21-16(11-20)12-7-3-4-8-13(12)18-15(19(16)22-2)14-9-5-6-10-17-14/h3-11H,1-2H3. The van der Waals surface area contributed by atoms with E-state index in [9.17, 15) is 4.79 Å². The molecule has 112 valence electrons. The number of pyridine rings is 1. The van der Waals surface area contributed by atoms with Crippen molar-refractivity contribution >= 4 is 17.8 Å². The van der Waals surface area contributed by atoms with E-state index in [2.05, 4.69) is 9.98 Å². The van der Waals surface area contributed by atoms with Gasteiger partial charge in [-0.25, -0.2) is 4.99 Å². The van der Waals surface area contributed by atoms with Gasteiger partial charge in [-0.2, -0.15) is 5.06 Å². The molecule has 6 heteroatoms. The van der Waals surface area contributed by atoms with Crippen molar-refractivity contribution in [2.45, 2.75) is 5.72 Å². The number of hydrogen-bond acceptors (Lipinski definition) is 6. The number of para-hydroxylation sites is 1. The van der Waals surface area contributed by atoms with Gasteiger partial charge in [0.25, 0.3) is 5.72 Å². The SMILES string of the molecule is CON1C(c2ccccn2)=Nc2ccccc2C1(C=O)OC. The second kappa shape index (κ2) is 5.67. The van der Waals surface area contributed by atoms with Gasteiger partial charge < -0.3 is 4.74 Å². The largest absolute Gasteiger partial charge is 0.347 e. The van der Waals surface area contributed by atoms with Crippen LogP contribution in [0.5, 0.6) is 0 Å². The number of fused-ring (bicyclic) bond motifs is 1. The number of rotatable bonds is 4. The Morgan fingerprint density at radius 1 is 1.14 bits per heavy atom. The van der Waals surface area contributed by atoms with Crippen molar-refractivity contribution in [3.05, 3.63) is 59.9 Å². The summed E-state index contributed by atoms with van der Waals surface area (Å²) in [6.45, 7) is 0. The van der Waals surface area contributed by atoms with Crippen LogP contribution in [0, 0.1) is 0 Å². The summed E-state index contributed by atoms with van der Waals surface area (Å²) in [5, 5.41) is 1.34. The number of aldehydes is 1. The molecule has 1 aromatic carbocycles. The molecule has 0 aliphatic carbocycles. The summed E-state index contributed by atoms with van der Waals surface area (Å²) in [7, 11) is 2.92. The van der Waals surface area contributed by atoms with Crippen molar-refractivity contribution in [2.24, 2.45) is 4.99 Å². The monoisotopic (exact) mass is 297 g/mol. The van der Waals surface area contributed by atoms with Crippen molar-refractivity contribution in [3.63, 3.8) is 0 Å². The van der Waals surface area contributed by atoms with Crippen LogP contribution in [0.4, 0.5) is 5.69 Å².